The summed E-state index contributed by atoms with van der Waals surface area (Å²) in [5, 5.41) is 11.3. The zero-order chi connectivity index (χ0) is 16.0. The van der Waals surface area contributed by atoms with Crippen LogP contribution in [0.1, 0.15) is 25.7 Å². The van der Waals surface area contributed by atoms with Gasteiger partial charge in [0.1, 0.15) is 6.04 Å². The zero-order valence-corrected chi connectivity index (χ0v) is 11.6. The second-order valence-corrected chi connectivity index (χ2v) is 4.91. The third kappa shape index (κ3) is 5.03. The van der Waals surface area contributed by atoms with Gasteiger partial charge in [0, 0.05) is 13.0 Å². The molecule has 0 saturated carbocycles. The number of rotatable bonds is 7. The van der Waals surface area contributed by atoms with Crippen LogP contribution >= 0.6 is 0 Å². The van der Waals surface area contributed by atoms with E-state index < -0.39 is 35.8 Å². The van der Waals surface area contributed by atoms with E-state index >= 15 is 0 Å². The van der Waals surface area contributed by atoms with Crippen LogP contribution in [-0.4, -0.2) is 58.9 Å². The van der Waals surface area contributed by atoms with E-state index in [1.165, 1.54) is 4.90 Å². The number of aliphatic carboxylic acids is 1. The standard InChI is InChI=1S/C12H20N4O5/c13-7(3-4-9(14)17)11(19)15-6-10(18)16-5-1-2-8(16)12(20)21/h7-8H,1-6,13H2,(H2,14,17)(H,15,19)(H,20,21)/t7-,8+/m0/s1. The molecule has 6 N–H and O–H groups in total. The molecule has 0 bridgehead atoms. The summed E-state index contributed by atoms with van der Waals surface area (Å²) in [6.07, 6.45) is 1.11. The molecule has 1 saturated heterocycles. The summed E-state index contributed by atoms with van der Waals surface area (Å²) in [6.45, 7) is 0.0479. The zero-order valence-electron chi connectivity index (χ0n) is 11.6. The lowest BCUT2D eigenvalue weighted by Gasteiger charge is -2.22. The van der Waals surface area contributed by atoms with Crippen LogP contribution in [0.2, 0.25) is 0 Å². The summed E-state index contributed by atoms with van der Waals surface area (Å²) in [6, 6.07) is -1.77. The number of nitrogens with zero attached hydrogens (tertiary/aromatic N) is 1. The minimum Gasteiger partial charge on any atom is -0.480 e. The van der Waals surface area contributed by atoms with Crippen molar-refractivity contribution >= 4 is 23.7 Å². The summed E-state index contributed by atoms with van der Waals surface area (Å²) in [4.78, 5) is 46.3. The van der Waals surface area contributed by atoms with Crippen LogP contribution in [0.5, 0.6) is 0 Å². The van der Waals surface area contributed by atoms with E-state index in [1.54, 1.807) is 0 Å². The first-order valence-electron chi connectivity index (χ1n) is 6.66. The van der Waals surface area contributed by atoms with Crippen molar-refractivity contribution in [2.45, 2.75) is 37.8 Å². The maximum absolute atomic E-state index is 11.9. The minimum atomic E-state index is -1.05. The first kappa shape index (κ1) is 16.9. The number of nitrogens with one attached hydrogen (secondary N) is 1. The molecule has 118 valence electrons. The van der Waals surface area contributed by atoms with Crippen molar-refractivity contribution in [1.29, 1.82) is 0 Å². The van der Waals surface area contributed by atoms with Crippen LogP contribution < -0.4 is 16.8 Å². The molecular weight excluding hydrogens is 280 g/mol. The summed E-state index contributed by atoms with van der Waals surface area (Å²) in [5.74, 6) is -2.65. The Kier molecular flexibility index (Phi) is 6.10. The Bertz CT molecular complexity index is 439. The normalized spacial score (nSPS) is 19.1. The molecule has 1 rings (SSSR count). The first-order valence-corrected chi connectivity index (χ1v) is 6.66. The van der Waals surface area contributed by atoms with Crippen molar-refractivity contribution in [3.8, 4) is 0 Å². The van der Waals surface area contributed by atoms with Crippen LogP contribution in [-0.2, 0) is 19.2 Å². The van der Waals surface area contributed by atoms with Crippen molar-refractivity contribution in [3.63, 3.8) is 0 Å². The molecular formula is C12H20N4O5. The summed E-state index contributed by atoms with van der Waals surface area (Å²) in [5.41, 5.74) is 10.5. The van der Waals surface area contributed by atoms with Gasteiger partial charge in [0.05, 0.1) is 12.6 Å². The fourth-order valence-corrected chi connectivity index (χ4v) is 2.15. The monoisotopic (exact) mass is 300 g/mol. The highest BCUT2D eigenvalue weighted by Crippen LogP contribution is 2.17. The van der Waals surface area contributed by atoms with Gasteiger partial charge in [-0.25, -0.2) is 4.79 Å². The van der Waals surface area contributed by atoms with Crippen molar-refractivity contribution in [2.75, 3.05) is 13.1 Å². The smallest absolute Gasteiger partial charge is 0.326 e. The lowest BCUT2D eigenvalue weighted by molar-refractivity contribution is -0.148. The van der Waals surface area contributed by atoms with Gasteiger partial charge in [-0.05, 0) is 19.3 Å². The van der Waals surface area contributed by atoms with Gasteiger partial charge in [0.15, 0.2) is 0 Å². The highest BCUT2D eigenvalue weighted by Gasteiger charge is 2.33. The van der Waals surface area contributed by atoms with E-state index in [4.69, 9.17) is 16.6 Å². The van der Waals surface area contributed by atoms with Gasteiger partial charge < -0.3 is 26.8 Å². The molecule has 0 unspecified atom stereocenters. The molecule has 1 fully saturated rings. The predicted molar refractivity (Wildman–Crippen MR) is 71.8 cm³/mol. The number of carboxylic acid groups (broad SMARTS) is 1. The molecule has 9 nitrogen and oxygen atoms in total. The highest BCUT2D eigenvalue weighted by molar-refractivity contribution is 5.90. The largest absolute Gasteiger partial charge is 0.480 e. The number of nitrogens with two attached hydrogens (primary N) is 2. The lowest BCUT2D eigenvalue weighted by Crippen LogP contribution is -2.48. The molecule has 0 aromatic carbocycles. The second-order valence-electron chi connectivity index (χ2n) is 4.91. The Morgan fingerprint density at radius 2 is 2.00 bits per heavy atom. The van der Waals surface area contributed by atoms with Crippen molar-refractivity contribution in [2.24, 2.45) is 11.5 Å². The van der Waals surface area contributed by atoms with E-state index in [0.29, 0.717) is 19.4 Å². The second kappa shape index (κ2) is 7.58. The van der Waals surface area contributed by atoms with Gasteiger partial charge in [0.2, 0.25) is 17.7 Å². The molecule has 2 atom stereocenters. The Hall–Kier alpha value is -2.16. The van der Waals surface area contributed by atoms with Crippen LogP contribution in [0.15, 0.2) is 0 Å². The molecule has 0 radical (unpaired) electrons. The Labute approximate surface area is 121 Å². The molecule has 0 spiro atoms. The van der Waals surface area contributed by atoms with Crippen LogP contribution in [0.25, 0.3) is 0 Å². The number of amides is 3. The third-order valence-corrected chi connectivity index (χ3v) is 3.31. The van der Waals surface area contributed by atoms with Gasteiger partial charge in [-0.2, -0.15) is 0 Å². The van der Waals surface area contributed by atoms with Crippen molar-refractivity contribution in [1.82, 2.24) is 10.2 Å². The van der Waals surface area contributed by atoms with E-state index in [0.717, 1.165) is 0 Å². The van der Waals surface area contributed by atoms with Crippen LogP contribution in [0.4, 0.5) is 0 Å². The fourth-order valence-electron chi connectivity index (χ4n) is 2.15. The van der Waals surface area contributed by atoms with E-state index in [1.807, 2.05) is 0 Å². The average molecular weight is 300 g/mol. The Balaban J connectivity index is 2.40. The fraction of sp³-hybridized carbons (Fsp3) is 0.667. The molecule has 1 aliphatic rings. The average Bonchev–Trinajstić information content (AvgIpc) is 2.91. The number of likely N-dealkylation sites (tertiary alicyclic amines) is 1. The molecule has 1 heterocycles. The summed E-state index contributed by atoms with van der Waals surface area (Å²) < 4.78 is 0. The number of carbonyl (C=O) groups excluding carboxylic acids is 3. The van der Waals surface area contributed by atoms with Gasteiger partial charge in [-0.1, -0.05) is 0 Å². The maximum Gasteiger partial charge on any atom is 0.326 e. The molecule has 1 aliphatic heterocycles. The summed E-state index contributed by atoms with van der Waals surface area (Å²) in [7, 11) is 0. The SMILES string of the molecule is NC(=O)CC[C@H](N)C(=O)NCC(=O)N1CCC[C@@H]1C(=O)O. The lowest BCUT2D eigenvalue weighted by atomic mass is 10.1. The first-order chi connectivity index (χ1) is 9.82. The Morgan fingerprint density at radius 3 is 2.57 bits per heavy atom. The Morgan fingerprint density at radius 1 is 1.33 bits per heavy atom. The maximum atomic E-state index is 11.9. The molecule has 21 heavy (non-hydrogen) atoms. The van der Waals surface area contributed by atoms with E-state index in [9.17, 15) is 19.2 Å². The van der Waals surface area contributed by atoms with Crippen molar-refractivity contribution in [3.05, 3.63) is 0 Å². The molecule has 0 aromatic heterocycles. The quantitative estimate of drug-likeness (QED) is 0.417. The number of primary amides is 1. The molecule has 3 amide bonds. The van der Waals surface area contributed by atoms with Gasteiger partial charge in [-0.3, -0.25) is 14.4 Å². The van der Waals surface area contributed by atoms with Gasteiger partial charge in [0.25, 0.3) is 0 Å². The number of carbonyl (C=O) groups is 4. The highest BCUT2D eigenvalue weighted by atomic mass is 16.4. The topological polar surface area (TPSA) is 156 Å². The number of carboxylic acids is 1. The minimum absolute atomic E-state index is 0.0181. The number of hydrogen-bond acceptors (Lipinski definition) is 5. The van der Waals surface area contributed by atoms with E-state index in [-0.39, 0.29) is 19.4 Å². The molecule has 0 aliphatic carbocycles. The van der Waals surface area contributed by atoms with Gasteiger partial charge >= 0.3 is 5.97 Å². The van der Waals surface area contributed by atoms with Crippen molar-refractivity contribution < 1.29 is 24.3 Å². The molecule has 0 aromatic rings. The van der Waals surface area contributed by atoms with Crippen LogP contribution in [0.3, 0.4) is 0 Å². The van der Waals surface area contributed by atoms with Crippen LogP contribution in [0, 0.1) is 0 Å². The third-order valence-electron chi connectivity index (χ3n) is 3.31. The molecule has 9 heteroatoms. The summed E-state index contributed by atoms with van der Waals surface area (Å²) >= 11 is 0. The predicted octanol–water partition coefficient (Wildman–Crippen LogP) is -2.23. The number of hydrogen-bond donors (Lipinski definition) is 4. The van der Waals surface area contributed by atoms with E-state index in [2.05, 4.69) is 5.32 Å². The van der Waals surface area contributed by atoms with Gasteiger partial charge in [-0.15, -0.1) is 0 Å².